The second-order valence-corrected chi connectivity index (χ2v) is 11.1. The Hall–Kier alpha value is -2.62. The summed E-state index contributed by atoms with van der Waals surface area (Å²) in [6, 6.07) is 13.0. The number of ether oxygens (including phenoxy) is 4. The molecule has 0 bridgehead atoms. The average Bonchev–Trinajstić information content (AvgIpc) is 3.40. The molecule has 2 saturated carbocycles. The highest BCUT2D eigenvalue weighted by Crippen LogP contribution is 2.64. The van der Waals surface area contributed by atoms with Crippen molar-refractivity contribution >= 4 is 0 Å². The highest BCUT2D eigenvalue weighted by atomic mass is 16.5. The number of benzene rings is 2. The fourth-order valence-corrected chi connectivity index (χ4v) is 6.41. The fraction of sp³-hybridized carbons (Fsp3) is 0.533. The summed E-state index contributed by atoms with van der Waals surface area (Å²) in [5, 5.41) is 0. The normalized spacial score (nSPS) is 25.7. The minimum atomic E-state index is 0.185. The van der Waals surface area contributed by atoms with E-state index >= 15 is 0 Å². The van der Waals surface area contributed by atoms with Crippen LogP contribution in [-0.2, 0) is 0 Å². The summed E-state index contributed by atoms with van der Waals surface area (Å²) in [5.41, 5.74) is 4.76. The van der Waals surface area contributed by atoms with Crippen molar-refractivity contribution in [1.82, 2.24) is 0 Å². The van der Waals surface area contributed by atoms with Crippen LogP contribution in [-0.4, -0.2) is 28.4 Å². The van der Waals surface area contributed by atoms with Gasteiger partial charge in [-0.25, -0.2) is 0 Å². The summed E-state index contributed by atoms with van der Waals surface area (Å²) in [7, 11) is 6.83. The molecular formula is C30H40O4. The number of methoxy groups -OCH3 is 4. The summed E-state index contributed by atoms with van der Waals surface area (Å²) >= 11 is 0. The lowest BCUT2D eigenvalue weighted by Gasteiger charge is -2.32. The van der Waals surface area contributed by atoms with Crippen molar-refractivity contribution in [3.05, 3.63) is 59.2 Å². The Morgan fingerprint density at radius 2 is 1.35 bits per heavy atom. The zero-order valence-electron chi connectivity index (χ0n) is 21.9. The standard InChI is InChI=1S/C30H40O4/c1-29(2,3)17-20-14-24(22-9-11-26(32-5)28(16-22)34-7)30(18-20)13-12-23(19-30)21-8-10-25(31-4)27(15-21)33-6/h8-11,15-17,23-24H,12-14,18-19H2,1-7H3. The zero-order chi connectivity index (χ0) is 24.5. The first-order valence-corrected chi connectivity index (χ1v) is 12.4. The van der Waals surface area contributed by atoms with E-state index in [9.17, 15) is 0 Å². The predicted molar refractivity (Wildman–Crippen MR) is 138 cm³/mol. The molecule has 0 radical (unpaired) electrons. The molecular weight excluding hydrogens is 424 g/mol. The molecule has 2 aromatic carbocycles. The van der Waals surface area contributed by atoms with E-state index in [-0.39, 0.29) is 10.8 Å². The molecule has 2 fully saturated rings. The molecule has 0 amide bonds. The summed E-state index contributed by atoms with van der Waals surface area (Å²) in [5.74, 6) is 4.22. The van der Waals surface area contributed by atoms with Gasteiger partial charge in [-0.3, -0.25) is 0 Å². The Bertz CT molecular complexity index is 1050. The Balaban J connectivity index is 1.70. The van der Waals surface area contributed by atoms with Gasteiger partial charge >= 0.3 is 0 Å². The van der Waals surface area contributed by atoms with Crippen molar-refractivity contribution < 1.29 is 18.9 Å². The average molecular weight is 465 g/mol. The van der Waals surface area contributed by atoms with Crippen molar-refractivity contribution in [2.45, 2.75) is 64.7 Å². The highest BCUT2D eigenvalue weighted by Gasteiger charge is 2.50. The molecule has 0 heterocycles. The number of hydrogen-bond acceptors (Lipinski definition) is 4. The Kier molecular flexibility index (Phi) is 6.89. The number of rotatable bonds is 6. The maximum absolute atomic E-state index is 5.67. The molecule has 0 aromatic heterocycles. The van der Waals surface area contributed by atoms with Crippen LogP contribution in [0.15, 0.2) is 48.0 Å². The SMILES string of the molecule is COc1ccc(C2CCC3(CC(=CC(C)(C)C)CC3c3ccc(OC)c(OC)c3)C2)cc1OC. The van der Waals surface area contributed by atoms with Gasteiger partial charge < -0.3 is 18.9 Å². The quantitative estimate of drug-likeness (QED) is 0.414. The van der Waals surface area contributed by atoms with Gasteiger partial charge in [-0.2, -0.15) is 0 Å². The molecule has 0 aliphatic heterocycles. The van der Waals surface area contributed by atoms with Gasteiger partial charge in [-0.15, -0.1) is 0 Å². The van der Waals surface area contributed by atoms with Crippen molar-refractivity contribution in [1.29, 1.82) is 0 Å². The minimum absolute atomic E-state index is 0.185. The van der Waals surface area contributed by atoms with Gasteiger partial charge in [0.2, 0.25) is 0 Å². The van der Waals surface area contributed by atoms with Crippen molar-refractivity contribution in [3.63, 3.8) is 0 Å². The first-order valence-electron chi connectivity index (χ1n) is 12.4. The third kappa shape index (κ3) is 4.78. The van der Waals surface area contributed by atoms with Crippen LogP contribution in [0.3, 0.4) is 0 Å². The molecule has 4 rings (SSSR count). The molecule has 3 atom stereocenters. The van der Waals surface area contributed by atoms with Crippen LogP contribution in [0.1, 0.15) is 75.8 Å². The largest absolute Gasteiger partial charge is 0.493 e. The second kappa shape index (κ2) is 9.56. The third-order valence-electron chi connectivity index (χ3n) is 7.75. The smallest absolute Gasteiger partial charge is 0.160 e. The van der Waals surface area contributed by atoms with Gasteiger partial charge in [0, 0.05) is 0 Å². The van der Waals surface area contributed by atoms with E-state index in [0.717, 1.165) is 29.4 Å². The summed E-state index contributed by atoms with van der Waals surface area (Å²) in [6.07, 6.45) is 8.41. The number of allylic oxidation sites excluding steroid dienone is 2. The van der Waals surface area contributed by atoms with Crippen LogP contribution in [0.25, 0.3) is 0 Å². The molecule has 184 valence electrons. The molecule has 4 heteroatoms. The van der Waals surface area contributed by atoms with Gasteiger partial charge in [0.1, 0.15) is 0 Å². The Labute approximate surface area is 205 Å². The molecule has 1 spiro atoms. The molecule has 2 aliphatic carbocycles. The lowest BCUT2D eigenvalue weighted by Crippen LogP contribution is -2.21. The molecule has 0 saturated heterocycles. The van der Waals surface area contributed by atoms with E-state index < -0.39 is 0 Å². The summed E-state index contributed by atoms with van der Waals surface area (Å²) in [6.45, 7) is 6.91. The van der Waals surface area contributed by atoms with Crippen LogP contribution in [0.2, 0.25) is 0 Å². The molecule has 0 N–H and O–H groups in total. The van der Waals surface area contributed by atoms with Crippen LogP contribution in [0.5, 0.6) is 23.0 Å². The summed E-state index contributed by atoms with van der Waals surface area (Å²) in [4.78, 5) is 0. The zero-order valence-corrected chi connectivity index (χ0v) is 21.9. The highest BCUT2D eigenvalue weighted by molar-refractivity contribution is 5.47. The Morgan fingerprint density at radius 3 is 1.91 bits per heavy atom. The van der Waals surface area contributed by atoms with Gasteiger partial charge in [-0.1, -0.05) is 44.6 Å². The maximum atomic E-state index is 5.67. The summed E-state index contributed by atoms with van der Waals surface area (Å²) < 4.78 is 22.3. The van der Waals surface area contributed by atoms with Crippen LogP contribution in [0, 0.1) is 10.8 Å². The molecule has 2 aromatic rings. The van der Waals surface area contributed by atoms with Gasteiger partial charge in [-0.05, 0) is 90.2 Å². The van der Waals surface area contributed by atoms with Crippen molar-refractivity contribution in [2.24, 2.45) is 10.8 Å². The Morgan fingerprint density at radius 1 is 0.794 bits per heavy atom. The van der Waals surface area contributed by atoms with Crippen LogP contribution in [0.4, 0.5) is 0 Å². The van der Waals surface area contributed by atoms with Gasteiger partial charge in [0.15, 0.2) is 23.0 Å². The lowest BCUT2D eigenvalue weighted by molar-refractivity contribution is 0.266. The molecule has 3 unspecified atom stereocenters. The third-order valence-corrected chi connectivity index (χ3v) is 7.75. The molecule has 34 heavy (non-hydrogen) atoms. The minimum Gasteiger partial charge on any atom is -0.493 e. The van der Waals surface area contributed by atoms with Crippen LogP contribution >= 0.6 is 0 Å². The van der Waals surface area contributed by atoms with E-state index in [1.54, 1.807) is 34.0 Å². The van der Waals surface area contributed by atoms with Crippen molar-refractivity contribution in [3.8, 4) is 23.0 Å². The first kappa shape index (κ1) is 24.5. The second-order valence-electron chi connectivity index (χ2n) is 11.1. The van der Waals surface area contributed by atoms with E-state index in [1.807, 2.05) is 6.07 Å². The van der Waals surface area contributed by atoms with E-state index in [4.69, 9.17) is 18.9 Å². The maximum Gasteiger partial charge on any atom is 0.160 e. The molecule has 2 aliphatic rings. The fourth-order valence-electron chi connectivity index (χ4n) is 6.41. The van der Waals surface area contributed by atoms with Gasteiger partial charge in [0.25, 0.3) is 0 Å². The number of hydrogen-bond donors (Lipinski definition) is 0. The lowest BCUT2D eigenvalue weighted by atomic mass is 9.72. The van der Waals surface area contributed by atoms with Crippen LogP contribution < -0.4 is 18.9 Å². The topological polar surface area (TPSA) is 36.9 Å². The van der Waals surface area contributed by atoms with E-state index in [1.165, 1.54) is 36.8 Å². The molecule has 4 nitrogen and oxygen atoms in total. The van der Waals surface area contributed by atoms with Gasteiger partial charge in [0.05, 0.1) is 28.4 Å². The van der Waals surface area contributed by atoms with E-state index in [0.29, 0.717) is 11.8 Å². The first-order chi connectivity index (χ1) is 16.2. The predicted octanol–water partition coefficient (Wildman–Crippen LogP) is 7.53. The van der Waals surface area contributed by atoms with E-state index in [2.05, 4.69) is 57.2 Å². The monoisotopic (exact) mass is 464 g/mol. The van der Waals surface area contributed by atoms with Crippen molar-refractivity contribution in [2.75, 3.05) is 28.4 Å².